The molecular formula is C6H8F3NO3. The van der Waals surface area contributed by atoms with Crippen molar-refractivity contribution in [1.29, 1.82) is 0 Å². The van der Waals surface area contributed by atoms with Gasteiger partial charge in [0, 0.05) is 6.92 Å². The van der Waals surface area contributed by atoms with Crippen LogP contribution in [0.2, 0.25) is 0 Å². The number of rotatable bonds is 3. The van der Waals surface area contributed by atoms with Crippen LogP contribution in [-0.4, -0.2) is 29.2 Å². The Labute approximate surface area is 71.7 Å². The number of hydrogen-bond acceptors (Lipinski definition) is 2. The van der Waals surface area contributed by atoms with Crippen molar-refractivity contribution in [1.82, 2.24) is 5.32 Å². The highest BCUT2D eigenvalue weighted by Crippen LogP contribution is 2.22. The van der Waals surface area contributed by atoms with Gasteiger partial charge in [-0.1, -0.05) is 0 Å². The van der Waals surface area contributed by atoms with Gasteiger partial charge in [-0.15, -0.1) is 0 Å². The Balaban J connectivity index is 4.37. The summed E-state index contributed by atoms with van der Waals surface area (Å²) in [5.41, 5.74) is 0. The number of carboxylic acid groups (broad SMARTS) is 1. The van der Waals surface area contributed by atoms with Gasteiger partial charge in [0.25, 0.3) is 0 Å². The topological polar surface area (TPSA) is 66.4 Å². The number of halogens is 3. The molecule has 0 aliphatic carbocycles. The van der Waals surface area contributed by atoms with Crippen molar-refractivity contribution in [3.63, 3.8) is 0 Å². The third-order valence-corrected chi connectivity index (χ3v) is 1.15. The van der Waals surface area contributed by atoms with Crippen LogP contribution >= 0.6 is 0 Å². The fourth-order valence-corrected chi connectivity index (χ4v) is 0.669. The van der Waals surface area contributed by atoms with E-state index in [1.165, 1.54) is 5.32 Å². The average Bonchev–Trinajstić information content (AvgIpc) is 1.81. The largest absolute Gasteiger partial charge is 0.481 e. The molecule has 0 aromatic carbocycles. The number of nitrogens with one attached hydrogen (secondary N) is 1. The quantitative estimate of drug-likeness (QED) is 0.696. The maximum atomic E-state index is 12.0. The Bertz CT molecular complexity index is 198. The van der Waals surface area contributed by atoms with E-state index < -0.39 is 30.5 Å². The van der Waals surface area contributed by atoms with E-state index in [0.29, 0.717) is 0 Å². The molecule has 0 heterocycles. The highest BCUT2D eigenvalue weighted by atomic mass is 19.4. The molecule has 0 aromatic rings. The molecule has 0 radical (unpaired) electrons. The van der Waals surface area contributed by atoms with Crippen LogP contribution in [0.4, 0.5) is 13.2 Å². The SMILES string of the molecule is CC(=O)NC(CC(=O)O)C(F)(F)F. The molecule has 1 unspecified atom stereocenters. The van der Waals surface area contributed by atoms with Crippen LogP contribution in [0.15, 0.2) is 0 Å². The first-order valence-corrected chi connectivity index (χ1v) is 3.29. The zero-order valence-corrected chi connectivity index (χ0v) is 6.68. The zero-order chi connectivity index (χ0) is 10.6. The number of carbonyl (C=O) groups is 2. The normalized spacial score (nSPS) is 13.5. The summed E-state index contributed by atoms with van der Waals surface area (Å²) < 4.78 is 35.9. The molecule has 0 rings (SSSR count). The summed E-state index contributed by atoms with van der Waals surface area (Å²) in [4.78, 5) is 20.3. The van der Waals surface area contributed by atoms with Crippen molar-refractivity contribution in [2.75, 3.05) is 0 Å². The smallest absolute Gasteiger partial charge is 0.409 e. The molecule has 0 aromatic heterocycles. The monoisotopic (exact) mass is 199 g/mol. The number of aliphatic carboxylic acids is 1. The first-order chi connectivity index (χ1) is 5.73. The summed E-state index contributed by atoms with van der Waals surface area (Å²) >= 11 is 0. The van der Waals surface area contributed by atoms with E-state index in [-0.39, 0.29) is 0 Å². The molecule has 0 fully saturated rings. The highest BCUT2D eigenvalue weighted by Gasteiger charge is 2.41. The predicted octanol–water partition coefficient (Wildman–Crippen LogP) is 0.528. The minimum absolute atomic E-state index is 0.889. The van der Waals surface area contributed by atoms with Crippen LogP contribution < -0.4 is 5.32 Å². The van der Waals surface area contributed by atoms with E-state index in [0.717, 1.165) is 6.92 Å². The summed E-state index contributed by atoms with van der Waals surface area (Å²) in [6.07, 6.45) is -5.90. The van der Waals surface area contributed by atoms with Gasteiger partial charge in [0.1, 0.15) is 6.04 Å². The maximum absolute atomic E-state index is 12.0. The molecule has 0 saturated heterocycles. The summed E-state index contributed by atoms with van der Waals surface area (Å²) in [6, 6.07) is -2.32. The molecule has 13 heavy (non-hydrogen) atoms. The molecule has 4 nitrogen and oxygen atoms in total. The van der Waals surface area contributed by atoms with E-state index in [9.17, 15) is 22.8 Å². The third kappa shape index (κ3) is 5.05. The minimum Gasteiger partial charge on any atom is -0.481 e. The fraction of sp³-hybridized carbons (Fsp3) is 0.667. The first kappa shape index (κ1) is 11.7. The second-order valence-electron chi connectivity index (χ2n) is 2.39. The molecule has 7 heteroatoms. The minimum atomic E-state index is -4.73. The Morgan fingerprint density at radius 2 is 1.92 bits per heavy atom. The van der Waals surface area contributed by atoms with Crippen molar-refractivity contribution in [3.05, 3.63) is 0 Å². The molecule has 0 aliphatic heterocycles. The number of alkyl halides is 3. The van der Waals surface area contributed by atoms with Gasteiger partial charge in [0.2, 0.25) is 5.91 Å². The molecule has 1 amide bonds. The molecule has 1 atom stereocenters. The zero-order valence-electron chi connectivity index (χ0n) is 6.68. The molecule has 0 saturated carbocycles. The fourth-order valence-electron chi connectivity index (χ4n) is 0.669. The van der Waals surface area contributed by atoms with Gasteiger partial charge in [0.15, 0.2) is 0 Å². The van der Waals surface area contributed by atoms with Crippen molar-refractivity contribution in [2.24, 2.45) is 0 Å². The first-order valence-electron chi connectivity index (χ1n) is 3.29. The number of amides is 1. The van der Waals surface area contributed by atoms with Gasteiger partial charge in [-0.25, -0.2) is 0 Å². The van der Waals surface area contributed by atoms with E-state index in [4.69, 9.17) is 5.11 Å². The standard InChI is InChI=1S/C6H8F3NO3/c1-3(11)10-4(2-5(12)13)6(7,8)9/h4H,2H2,1H3,(H,10,11)(H,12,13). The summed E-state index contributed by atoms with van der Waals surface area (Å²) in [5, 5.41) is 9.62. The van der Waals surface area contributed by atoms with Crippen LogP contribution in [0.25, 0.3) is 0 Å². The third-order valence-electron chi connectivity index (χ3n) is 1.15. The molecular weight excluding hydrogens is 191 g/mol. The van der Waals surface area contributed by atoms with Gasteiger partial charge in [-0.3, -0.25) is 9.59 Å². The molecule has 0 bridgehead atoms. The van der Waals surface area contributed by atoms with E-state index in [1.54, 1.807) is 0 Å². The Morgan fingerprint density at radius 3 is 2.15 bits per heavy atom. The Hall–Kier alpha value is -1.27. The van der Waals surface area contributed by atoms with Crippen LogP contribution in [-0.2, 0) is 9.59 Å². The molecule has 0 spiro atoms. The van der Waals surface area contributed by atoms with Crippen LogP contribution in [0.5, 0.6) is 0 Å². The number of carboxylic acids is 1. The van der Waals surface area contributed by atoms with Crippen molar-refractivity contribution in [2.45, 2.75) is 25.6 Å². The number of hydrogen-bond donors (Lipinski definition) is 2. The van der Waals surface area contributed by atoms with Crippen LogP contribution in [0.3, 0.4) is 0 Å². The highest BCUT2D eigenvalue weighted by molar-refractivity contribution is 5.75. The molecule has 0 aliphatic rings. The lowest BCUT2D eigenvalue weighted by Crippen LogP contribution is -2.45. The molecule has 76 valence electrons. The van der Waals surface area contributed by atoms with Crippen LogP contribution in [0.1, 0.15) is 13.3 Å². The van der Waals surface area contributed by atoms with Crippen molar-refractivity contribution >= 4 is 11.9 Å². The number of carbonyl (C=O) groups excluding carboxylic acids is 1. The lowest BCUT2D eigenvalue weighted by atomic mass is 10.2. The van der Waals surface area contributed by atoms with E-state index in [2.05, 4.69) is 0 Å². The van der Waals surface area contributed by atoms with E-state index >= 15 is 0 Å². The van der Waals surface area contributed by atoms with E-state index in [1.807, 2.05) is 0 Å². The van der Waals surface area contributed by atoms with Gasteiger partial charge in [-0.05, 0) is 0 Å². The van der Waals surface area contributed by atoms with Gasteiger partial charge < -0.3 is 10.4 Å². The van der Waals surface area contributed by atoms with Crippen molar-refractivity contribution in [3.8, 4) is 0 Å². The van der Waals surface area contributed by atoms with Gasteiger partial charge in [0.05, 0.1) is 6.42 Å². The van der Waals surface area contributed by atoms with Crippen LogP contribution in [0, 0.1) is 0 Å². The summed E-state index contributed by atoms with van der Waals surface area (Å²) in [6.45, 7) is 0.889. The Morgan fingerprint density at radius 1 is 1.46 bits per heavy atom. The second-order valence-corrected chi connectivity index (χ2v) is 2.39. The lowest BCUT2D eigenvalue weighted by molar-refractivity contribution is -0.169. The lowest BCUT2D eigenvalue weighted by Gasteiger charge is -2.18. The summed E-state index contributed by atoms with van der Waals surface area (Å²) in [7, 11) is 0. The van der Waals surface area contributed by atoms with Gasteiger partial charge >= 0.3 is 12.1 Å². The summed E-state index contributed by atoms with van der Waals surface area (Å²) in [5.74, 6) is -2.53. The van der Waals surface area contributed by atoms with Crippen molar-refractivity contribution < 1.29 is 27.9 Å². The van der Waals surface area contributed by atoms with Gasteiger partial charge in [-0.2, -0.15) is 13.2 Å². The second kappa shape index (κ2) is 4.11. The maximum Gasteiger partial charge on any atom is 0.409 e. The molecule has 2 N–H and O–H groups in total. The predicted molar refractivity (Wildman–Crippen MR) is 35.9 cm³/mol. The Kier molecular flexibility index (Phi) is 3.70. The average molecular weight is 199 g/mol.